The zero-order chi connectivity index (χ0) is 22.7. The summed E-state index contributed by atoms with van der Waals surface area (Å²) in [5.74, 6) is -0.717. The maximum absolute atomic E-state index is 12.4. The van der Waals surface area contributed by atoms with Crippen LogP contribution in [0.2, 0.25) is 0 Å². The van der Waals surface area contributed by atoms with Gasteiger partial charge < -0.3 is 16.0 Å². The SMILES string of the molecule is Cc1nc2c(C(N)=O)cnn2c(C)c1CCC(=O)Nc1ccc(SC(=O)N(C)C)cc1. The standard InChI is InChI=1S/C21H24N6O3S/c1-12-16(13(2)27-20(24-12)17(11-23-27)19(22)29)9-10-18(28)25-14-5-7-15(8-6-14)31-21(30)26(3)4/h5-8,11H,9-10H2,1-4H3,(H2,22,29)(H,25,28). The lowest BCUT2D eigenvalue weighted by Crippen LogP contribution is -2.16. The van der Waals surface area contributed by atoms with Gasteiger partial charge in [0.15, 0.2) is 5.65 Å². The summed E-state index contributed by atoms with van der Waals surface area (Å²) in [6.07, 6.45) is 2.14. The van der Waals surface area contributed by atoms with E-state index >= 15 is 0 Å². The Balaban J connectivity index is 1.65. The summed E-state index contributed by atoms with van der Waals surface area (Å²) >= 11 is 1.12. The van der Waals surface area contributed by atoms with Gasteiger partial charge in [-0.05, 0) is 61.9 Å². The number of fused-ring (bicyclic) bond motifs is 1. The first-order valence-electron chi connectivity index (χ1n) is 9.60. The Hall–Kier alpha value is -3.40. The number of amides is 3. The van der Waals surface area contributed by atoms with Crippen molar-refractivity contribution in [3.8, 4) is 0 Å². The fraction of sp³-hybridized carbons (Fsp3) is 0.286. The fourth-order valence-electron chi connectivity index (χ4n) is 3.11. The minimum Gasteiger partial charge on any atom is -0.365 e. The van der Waals surface area contributed by atoms with Crippen LogP contribution >= 0.6 is 11.8 Å². The van der Waals surface area contributed by atoms with Crippen molar-refractivity contribution in [1.29, 1.82) is 0 Å². The van der Waals surface area contributed by atoms with Gasteiger partial charge in [-0.3, -0.25) is 14.4 Å². The van der Waals surface area contributed by atoms with Crippen molar-refractivity contribution in [2.75, 3.05) is 19.4 Å². The minimum atomic E-state index is -0.580. The molecule has 31 heavy (non-hydrogen) atoms. The van der Waals surface area contributed by atoms with Gasteiger partial charge in [-0.2, -0.15) is 5.10 Å². The van der Waals surface area contributed by atoms with Crippen LogP contribution in [0.15, 0.2) is 35.4 Å². The van der Waals surface area contributed by atoms with Gasteiger partial charge in [0.05, 0.1) is 6.20 Å². The van der Waals surface area contributed by atoms with Gasteiger partial charge in [-0.1, -0.05) is 0 Å². The molecule has 0 atom stereocenters. The first kappa shape index (κ1) is 22.3. The number of thioether (sulfide) groups is 1. The van der Waals surface area contributed by atoms with Gasteiger partial charge in [-0.15, -0.1) is 0 Å². The van der Waals surface area contributed by atoms with Gasteiger partial charge in [0.25, 0.3) is 11.1 Å². The molecule has 0 spiro atoms. The number of hydrogen-bond donors (Lipinski definition) is 2. The molecular weight excluding hydrogens is 416 g/mol. The zero-order valence-electron chi connectivity index (χ0n) is 17.8. The summed E-state index contributed by atoms with van der Waals surface area (Å²) in [5.41, 5.74) is 9.16. The lowest BCUT2D eigenvalue weighted by molar-refractivity contribution is -0.116. The Kier molecular flexibility index (Phi) is 6.59. The summed E-state index contributed by atoms with van der Waals surface area (Å²) in [4.78, 5) is 42.5. The molecule has 3 amide bonds. The molecule has 0 saturated carbocycles. The average Bonchev–Trinajstić information content (AvgIpc) is 3.13. The van der Waals surface area contributed by atoms with E-state index < -0.39 is 5.91 Å². The third-order valence-electron chi connectivity index (χ3n) is 4.78. The Labute approximate surface area is 184 Å². The van der Waals surface area contributed by atoms with Crippen molar-refractivity contribution in [3.05, 3.63) is 53.0 Å². The number of carbonyl (C=O) groups excluding carboxylic acids is 3. The summed E-state index contributed by atoms with van der Waals surface area (Å²) in [5, 5.41) is 7.00. The molecule has 2 heterocycles. The van der Waals surface area contributed by atoms with E-state index in [0.717, 1.165) is 33.6 Å². The molecule has 0 fully saturated rings. The van der Waals surface area contributed by atoms with Crippen molar-refractivity contribution in [1.82, 2.24) is 19.5 Å². The van der Waals surface area contributed by atoms with Crippen LogP contribution < -0.4 is 11.1 Å². The third-order valence-corrected chi connectivity index (χ3v) is 5.83. The number of hydrogen-bond acceptors (Lipinski definition) is 6. The number of nitrogens with one attached hydrogen (secondary N) is 1. The maximum Gasteiger partial charge on any atom is 0.285 e. The van der Waals surface area contributed by atoms with Gasteiger partial charge in [0, 0.05) is 42.5 Å². The van der Waals surface area contributed by atoms with E-state index in [1.165, 1.54) is 11.1 Å². The highest BCUT2D eigenvalue weighted by Gasteiger charge is 2.17. The predicted octanol–water partition coefficient (Wildman–Crippen LogP) is 2.79. The van der Waals surface area contributed by atoms with Crippen LogP contribution in [0.3, 0.4) is 0 Å². The van der Waals surface area contributed by atoms with Crippen LogP contribution in [-0.4, -0.2) is 50.6 Å². The fourth-order valence-corrected chi connectivity index (χ4v) is 3.76. The van der Waals surface area contributed by atoms with E-state index in [-0.39, 0.29) is 23.1 Å². The number of anilines is 1. The highest BCUT2D eigenvalue weighted by atomic mass is 32.2. The van der Waals surface area contributed by atoms with Gasteiger partial charge in [0.2, 0.25) is 5.91 Å². The van der Waals surface area contributed by atoms with Crippen molar-refractivity contribution in [2.45, 2.75) is 31.6 Å². The molecule has 2 aromatic heterocycles. The molecule has 0 bridgehead atoms. The van der Waals surface area contributed by atoms with Gasteiger partial charge in [-0.25, -0.2) is 9.50 Å². The van der Waals surface area contributed by atoms with Crippen molar-refractivity contribution in [2.24, 2.45) is 5.73 Å². The number of primary amides is 1. The molecule has 0 radical (unpaired) electrons. The summed E-state index contributed by atoms with van der Waals surface area (Å²) < 4.78 is 1.58. The number of aryl methyl sites for hydroxylation is 2. The van der Waals surface area contributed by atoms with Crippen molar-refractivity contribution in [3.63, 3.8) is 0 Å². The molecule has 3 rings (SSSR count). The van der Waals surface area contributed by atoms with E-state index in [1.807, 2.05) is 13.8 Å². The Morgan fingerprint density at radius 3 is 2.45 bits per heavy atom. The molecule has 10 heteroatoms. The molecular formula is C21H24N6O3S. The zero-order valence-corrected chi connectivity index (χ0v) is 18.6. The minimum absolute atomic E-state index is 0.0618. The number of nitrogens with zero attached hydrogens (tertiary/aromatic N) is 4. The second-order valence-corrected chi connectivity index (χ2v) is 8.28. The summed E-state index contributed by atoms with van der Waals surface area (Å²) in [6, 6.07) is 7.12. The van der Waals surface area contributed by atoms with Crippen LogP contribution in [0, 0.1) is 13.8 Å². The molecule has 0 saturated heterocycles. The second kappa shape index (κ2) is 9.17. The van der Waals surface area contributed by atoms with E-state index in [2.05, 4.69) is 15.4 Å². The first-order valence-corrected chi connectivity index (χ1v) is 10.4. The van der Waals surface area contributed by atoms with E-state index in [9.17, 15) is 14.4 Å². The highest BCUT2D eigenvalue weighted by Crippen LogP contribution is 2.23. The van der Waals surface area contributed by atoms with Gasteiger partial charge >= 0.3 is 0 Å². The molecule has 3 N–H and O–H groups in total. The van der Waals surface area contributed by atoms with E-state index in [4.69, 9.17) is 5.73 Å². The number of nitrogens with two attached hydrogens (primary N) is 1. The molecule has 9 nitrogen and oxygen atoms in total. The predicted molar refractivity (Wildman–Crippen MR) is 119 cm³/mol. The molecule has 3 aromatic rings. The topological polar surface area (TPSA) is 123 Å². The van der Waals surface area contributed by atoms with E-state index in [0.29, 0.717) is 17.8 Å². The molecule has 0 unspecified atom stereocenters. The smallest absolute Gasteiger partial charge is 0.285 e. The van der Waals surface area contributed by atoms with Gasteiger partial charge in [0.1, 0.15) is 5.56 Å². The van der Waals surface area contributed by atoms with Crippen molar-refractivity contribution < 1.29 is 14.4 Å². The number of carbonyl (C=O) groups is 3. The molecule has 0 aliphatic heterocycles. The Morgan fingerprint density at radius 1 is 1.16 bits per heavy atom. The summed E-state index contributed by atoms with van der Waals surface area (Å²) in [6.45, 7) is 3.71. The maximum atomic E-state index is 12.4. The Morgan fingerprint density at radius 2 is 1.84 bits per heavy atom. The van der Waals surface area contributed by atoms with Crippen LogP contribution in [0.4, 0.5) is 10.5 Å². The van der Waals surface area contributed by atoms with Crippen LogP contribution in [-0.2, 0) is 11.2 Å². The number of benzene rings is 1. The highest BCUT2D eigenvalue weighted by molar-refractivity contribution is 8.13. The molecule has 0 aliphatic carbocycles. The van der Waals surface area contributed by atoms with Crippen LogP contribution in [0.1, 0.15) is 33.7 Å². The van der Waals surface area contributed by atoms with Crippen molar-refractivity contribution >= 4 is 40.2 Å². The number of rotatable bonds is 6. The normalized spacial score (nSPS) is 10.8. The van der Waals surface area contributed by atoms with Crippen LogP contribution in [0.5, 0.6) is 0 Å². The second-order valence-electron chi connectivity index (χ2n) is 7.25. The molecule has 162 valence electrons. The summed E-state index contributed by atoms with van der Waals surface area (Å²) in [7, 11) is 3.40. The van der Waals surface area contributed by atoms with Crippen LogP contribution in [0.25, 0.3) is 5.65 Å². The first-order chi connectivity index (χ1) is 14.7. The average molecular weight is 441 g/mol. The largest absolute Gasteiger partial charge is 0.365 e. The van der Waals surface area contributed by atoms with E-state index in [1.54, 1.807) is 42.9 Å². The molecule has 1 aromatic carbocycles. The number of aromatic nitrogens is 3. The molecule has 0 aliphatic rings. The monoisotopic (exact) mass is 440 g/mol. The quantitative estimate of drug-likeness (QED) is 0.568. The Bertz CT molecular complexity index is 1150. The lowest BCUT2D eigenvalue weighted by Gasteiger charge is -2.12. The lowest BCUT2D eigenvalue weighted by atomic mass is 10.1. The third kappa shape index (κ3) is 5.02.